The molecule has 2 aromatic heterocycles. The van der Waals surface area contributed by atoms with Gasteiger partial charge < -0.3 is 9.88 Å². The molecule has 4 nitrogen and oxygen atoms in total. The Labute approximate surface area is 113 Å². The Kier molecular flexibility index (Phi) is 2.93. The van der Waals surface area contributed by atoms with Gasteiger partial charge in [0.15, 0.2) is 0 Å². The first-order valence-corrected chi connectivity index (χ1v) is 6.73. The summed E-state index contributed by atoms with van der Waals surface area (Å²) in [5, 5.41) is 4.00. The number of nitrogens with one attached hydrogen (secondary N) is 1. The van der Waals surface area contributed by atoms with Crippen molar-refractivity contribution in [3.05, 3.63) is 40.9 Å². The van der Waals surface area contributed by atoms with Gasteiger partial charge in [-0.3, -0.25) is 0 Å². The van der Waals surface area contributed by atoms with E-state index < -0.39 is 0 Å². The van der Waals surface area contributed by atoms with Crippen molar-refractivity contribution in [3.8, 4) is 0 Å². The van der Waals surface area contributed by atoms with Crippen molar-refractivity contribution in [1.29, 1.82) is 0 Å². The zero-order valence-electron chi connectivity index (χ0n) is 9.72. The van der Waals surface area contributed by atoms with E-state index in [1.807, 2.05) is 35.5 Å². The molecule has 3 aromatic rings. The normalized spacial score (nSPS) is 11.0. The standard InChI is InChI=1S/C12H11ClN4S/c1-17-5-4-14-10(17)6-15-11-8(13)2-3-9-12(11)16-7-18-9/h2-5,7,15H,6H2,1H3. The number of fused-ring (bicyclic) bond motifs is 1. The fourth-order valence-corrected chi connectivity index (χ4v) is 2.71. The predicted octanol–water partition coefficient (Wildman–Crippen LogP) is 3.30. The molecule has 0 fully saturated rings. The number of aromatic nitrogens is 3. The Bertz CT molecular complexity index is 688. The SMILES string of the molecule is Cn1ccnc1CNc1c(Cl)ccc2scnc12. The minimum atomic E-state index is 0.625. The molecule has 0 saturated heterocycles. The van der Waals surface area contributed by atoms with Gasteiger partial charge in [-0.1, -0.05) is 11.6 Å². The zero-order chi connectivity index (χ0) is 12.5. The second-order valence-corrected chi connectivity index (χ2v) is 5.22. The summed E-state index contributed by atoms with van der Waals surface area (Å²) in [5.41, 5.74) is 3.62. The van der Waals surface area contributed by atoms with Crippen molar-refractivity contribution >= 4 is 38.8 Å². The number of imidazole rings is 1. The molecule has 0 unspecified atom stereocenters. The predicted molar refractivity (Wildman–Crippen MR) is 75.2 cm³/mol. The van der Waals surface area contributed by atoms with Gasteiger partial charge in [0.1, 0.15) is 11.3 Å². The van der Waals surface area contributed by atoms with Crippen molar-refractivity contribution in [1.82, 2.24) is 14.5 Å². The number of aryl methyl sites for hydroxylation is 1. The lowest BCUT2D eigenvalue weighted by Gasteiger charge is -2.09. The minimum absolute atomic E-state index is 0.625. The number of thiazole rings is 1. The summed E-state index contributed by atoms with van der Waals surface area (Å²) >= 11 is 7.82. The molecule has 0 bridgehead atoms. The number of hydrogen-bond donors (Lipinski definition) is 1. The largest absolute Gasteiger partial charge is 0.375 e. The molecule has 6 heteroatoms. The summed E-state index contributed by atoms with van der Waals surface area (Å²) in [4.78, 5) is 8.61. The van der Waals surface area contributed by atoms with E-state index in [0.717, 1.165) is 21.7 Å². The summed E-state index contributed by atoms with van der Waals surface area (Å²) in [7, 11) is 1.97. The van der Waals surface area contributed by atoms with Crippen LogP contribution < -0.4 is 5.32 Å². The van der Waals surface area contributed by atoms with Crippen molar-refractivity contribution < 1.29 is 0 Å². The Morgan fingerprint density at radius 2 is 2.28 bits per heavy atom. The number of rotatable bonds is 3. The highest BCUT2D eigenvalue weighted by Crippen LogP contribution is 2.32. The van der Waals surface area contributed by atoms with Gasteiger partial charge in [-0.2, -0.15) is 0 Å². The maximum atomic E-state index is 6.22. The maximum absolute atomic E-state index is 6.22. The third kappa shape index (κ3) is 1.95. The van der Waals surface area contributed by atoms with Gasteiger partial charge >= 0.3 is 0 Å². The average molecular weight is 279 g/mol. The molecule has 3 rings (SSSR count). The van der Waals surface area contributed by atoms with Crippen LogP contribution in [0.3, 0.4) is 0 Å². The van der Waals surface area contributed by atoms with Gasteiger partial charge in [0.05, 0.1) is 27.5 Å². The molecule has 0 aliphatic heterocycles. The Balaban J connectivity index is 1.92. The third-order valence-corrected chi connectivity index (χ3v) is 3.90. The second-order valence-electron chi connectivity index (χ2n) is 3.93. The van der Waals surface area contributed by atoms with E-state index in [1.165, 1.54) is 0 Å². The van der Waals surface area contributed by atoms with Crippen LogP contribution >= 0.6 is 22.9 Å². The van der Waals surface area contributed by atoms with Gasteiger partial charge in [-0.15, -0.1) is 11.3 Å². The van der Waals surface area contributed by atoms with Gasteiger partial charge in [-0.25, -0.2) is 9.97 Å². The molecule has 18 heavy (non-hydrogen) atoms. The smallest absolute Gasteiger partial charge is 0.127 e. The Hall–Kier alpha value is -1.59. The average Bonchev–Trinajstić information content (AvgIpc) is 2.97. The monoisotopic (exact) mass is 278 g/mol. The molecule has 92 valence electrons. The summed E-state index contributed by atoms with van der Waals surface area (Å²) in [6, 6.07) is 3.88. The molecule has 1 aromatic carbocycles. The van der Waals surface area contributed by atoms with E-state index in [2.05, 4.69) is 15.3 Å². The van der Waals surface area contributed by atoms with Crippen LogP contribution in [0.2, 0.25) is 5.02 Å². The molecule has 0 aliphatic carbocycles. The molecule has 0 aliphatic rings. The quantitative estimate of drug-likeness (QED) is 0.799. The van der Waals surface area contributed by atoms with Crippen molar-refractivity contribution in [2.24, 2.45) is 7.05 Å². The first kappa shape index (κ1) is 11.5. The molecule has 1 N–H and O–H groups in total. The van der Waals surface area contributed by atoms with Gasteiger partial charge in [-0.05, 0) is 12.1 Å². The fraction of sp³-hybridized carbons (Fsp3) is 0.167. The van der Waals surface area contributed by atoms with Gasteiger partial charge in [0, 0.05) is 19.4 Å². The molecular weight excluding hydrogens is 268 g/mol. The van der Waals surface area contributed by atoms with Crippen LogP contribution in [0.15, 0.2) is 30.0 Å². The highest BCUT2D eigenvalue weighted by Gasteiger charge is 2.09. The van der Waals surface area contributed by atoms with E-state index >= 15 is 0 Å². The molecule has 2 heterocycles. The number of hydrogen-bond acceptors (Lipinski definition) is 4. The van der Waals surface area contributed by atoms with Crippen LogP contribution in [0.1, 0.15) is 5.82 Å². The lowest BCUT2D eigenvalue weighted by molar-refractivity contribution is 0.813. The molecule has 0 spiro atoms. The highest BCUT2D eigenvalue weighted by molar-refractivity contribution is 7.16. The second kappa shape index (κ2) is 4.59. The third-order valence-electron chi connectivity index (χ3n) is 2.80. The molecule has 0 saturated carbocycles. The zero-order valence-corrected chi connectivity index (χ0v) is 11.3. The summed E-state index contributed by atoms with van der Waals surface area (Å²) in [5.74, 6) is 0.957. The van der Waals surface area contributed by atoms with Crippen LogP contribution in [0.4, 0.5) is 5.69 Å². The Morgan fingerprint density at radius 1 is 1.39 bits per heavy atom. The van der Waals surface area contributed by atoms with E-state index in [0.29, 0.717) is 11.6 Å². The van der Waals surface area contributed by atoms with Crippen LogP contribution in [0.25, 0.3) is 10.2 Å². The highest BCUT2D eigenvalue weighted by atomic mass is 35.5. The first-order valence-electron chi connectivity index (χ1n) is 5.47. The van der Waals surface area contributed by atoms with Crippen LogP contribution in [0.5, 0.6) is 0 Å². The van der Waals surface area contributed by atoms with Crippen molar-refractivity contribution in [2.75, 3.05) is 5.32 Å². The molecular formula is C12H11ClN4S. The first-order chi connectivity index (χ1) is 8.75. The van der Waals surface area contributed by atoms with E-state index in [1.54, 1.807) is 17.5 Å². The van der Waals surface area contributed by atoms with Crippen LogP contribution in [-0.4, -0.2) is 14.5 Å². The summed E-state index contributed by atoms with van der Waals surface area (Å²) in [6.45, 7) is 0.625. The van der Waals surface area contributed by atoms with Crippen LogP contribution in [0, 0.1) is 0 Å². The van der Waals surface area contributed by atoms with Crippen molar-refractivity contribution in [3.63, 3.8) is 0 Å². The number of halogens is 1. The van der Waals surface area contributed by atoms with E-state index in [9.17, 15) is 0 Å². The lowest BCUT2D eigenvalue weighted by atomic mass is 10.3. The topological polar surface area (TPSA) is 42.7 Å². The number of nitrogens with zero attached hydrogens (tertiary/aromatic N) is 3. The number of anilines is 1. The van der Waals surface area contributed by atoms with E-state index in [-0.39, 0.29) is 0 Å². The number of benzene rings is 1. The minimum Gasteiger partial charge on any atom is -0.375 e. The fourth-order valence-electron chi connectivity index (χ4n) is 1.81. The van der Waals surface area contributed by atoms with E-state index in [4.69, 9.17) is 11.6 Å². The van der Waals surface area contributed by atoms with Crippen LogP contribution in [-0.2, 0) is 13.6 Å². The maximum Gasteiger partial charge on any atom is 0.127 e. The molecule has 0 radical (unpaired) electrons. The van der Waals surface area contributed by atoms with Crippen molar-refractivity contribution in [2.45, 2.75) is 6.54 Å². The Morgan fingerprint density at radius 3 is 3.06 bits per heavy atom. The summed E-state index contributed by atoms with van der Waals surface area (Å²) < 4.78 is 3.10. The lowest BCUT2D eigenvalue weighted by Crippen LogP contribution is -2.06. The van der Waals surface area contributed by atoms with Gasteiger partial charge in [0.25, 0.3) is 0 Å². The van der Waals surface area contributed by atoms with Gasteiger partial charge in [0.2, 0.25) is 0 Å². The summed E-state index contributed by atoms with van der Waals surface area (Å²) in [6.07, 6.45) is 3.70. The molecule has 0 amide bonds. The molecule has 0 atom stereocenters.